The summed E-state index contributed by atoms with van der Waals surface area (Å²) >= 11 is 0. The van der Waals surface area contributed by atoms with Crippen LogP contribution in [0, 0.1) is 0 Å². The lowest BCUT2D eigenvalue weighted by atomic mass is 10.1. The summed E-state index contributed by atoms with van der Waals surface area (Å²) in [7, 11) is 0. The van der Waals surface area contributed by atoms with Gasteiger partial charge in [-0.2, -0.15) is 0 Å². The van der Waals surface area contributed by atoms with Crippen LogP contribution in [0.15, 0.2) is 0 Å². The molecule has 2 rings (SSSR count). The molecule has 4 heteroatoms. The molecule has 0 bridgehead atoms. The van der Waals surface area contributed by atoms with E-state index in [-0.39, 0.29) is 24.8 Å². The van der Waals surface area contributed by atoms with Crippen molar-refractivity contribution in [2.75, 3.05) is 26.2 Å². The van der Waals surface area contributed by atoms with Gasteiger partial charge in [-0.3, -0.25) is 4.90 Å². The number of rotatable bonds is 2. The third kappa shape index (κ3) is 1.72. The largest absolute Gasteiger partial charge is 0.395 e. The zero-order chi connectivity index (χ0) is 9.26. The lowest BCUT2D eigenvalue weighted by Gasteiger charge is -2.30. The molecule has 0 spiro atoms. The predicted octanol–water partition coefficient (Wildman–Crippen LogP) is -1.22. The van der Waals surface area contributed by atoms with Crippen LogP contribution in [0.3, 0.4) is 0 Å². The molecule has 3 atom stereocenters. The highest BCUT2D eigenvalue weighted by Gasteiger charge is 2.36. The number of aliphatic hydroxyl groups is 2. The second kappa shape index (κ2) is 3.92. The number of hydrogen-bond acceptors (Lipinski definition) is 4. The zero-order valence-electron chi connectivity index (χ0n) is 7.82. The first-order chi connectivity index (χ1) is 6.33. The summed E-state index contributed by atoms with van der Waals surface area (Å²) in [5, 5.41) is 22.0. The third-order valence-corrected chi connectivity index (χ3v) is 3.21. The molecule has 0 aromatic rings. The molecule has 4 nitrogen and oxygen atoms in total. The van der Waals surface area contributed by atoms with Crippen LogP contribution in [0.2, 0.25) is 0 Å². The van der Waals surface area contributed by atoms with Crippen molar-refractivity contribution in [3.8, 4) is 0 Å². The van der Waals surface area contributed by atoms with Gasteiger partial charge in [0.25, 0.3) is 0 Å². The van der Waals surface area contributed by atoms with Crippen LogP contribution in [0.25, 0.3) is 0 Å². The molecule has 0 aromatic carbocycles. The summed E-state index contributed by atoms with van der Waals surface area (Å²) in [5.74, 6) is 0. The van der Waals surface area contributed by atoms with E-state index in [0.717, 1.165) is 25.9 Å². The molecule has 0 radical (unpaired) electrons. The first kappa shape index (κ1) is 9.40. The summed E-state index contributed by atoms with van der Waals surface area (Å²) in [6.45, 7) is 2.80. The van der Waals surface area contributed by atoms with E-state index in [1.165, 1.54) is 0 Å². The molecular formula is C9H18N2O2. The van der Waals surface area contributed by atoms with Gasteiger partial charge in [-0.15, -0.1) is 0 Å². The number of β-amino-alcohol motifs (C(OH)–C–C–N with tert-alkyl or cyclic N) is 1. The van der Waals surface area contributed by atoms with Crippen molar-refractivity contribution in [2.45, 2.75) is 31.0 Å². The molecule has 13 heavy (non-hydrogen) atoms. The van der Waals surface area contributed by atoms with Crippen LogP contribution in [0.5, 0.6) is 0 Å². The Labute approximate surface area is 78.5 Å². The van der Waals surface area contributed by atoms with E-state index >= 15 is 0 Å². The first-order valence-electron chi connectivity index (χ1n) is 5.08. The molecule has 2 heterocycles. The van der Waals surface area contributed by atoms with E-state index in [2.05, 4.69) is 10.2 Å². The highest BCUT2D eigenvalue weighted by Crippen LogP contribution is 2.22. The number of aliphatic hydroxyl groups excluding tert-OH is 2. The van der Waals surface area contributed by atoms with Crippen molar-refractivity contribution in [1.29, 1.82) is 0 Å². The minimum Gasteiger partial charge on any atom is -0.395 e. The lowest BCUT2D eigenvalue weighted by molar-refractivity contribution is 0.0557. The molecule has 0 unspecified atom stereocenters. The maximum atomic E-state index is 9.68. The number of nitrogens with zero attached hydrogens (tertiary/aromatic N) is 1. The summed E-state index contributed by atoms with van der Waals surface area (Å²) in [4.78, 5) is 2.25. The van der Waals surface area contributed by atoms with Gasteiger partial charge >= 0.3 is 0 Å². The highest BCUT2D eigenvalue weighted by molar-refractivity contribution is 4.93. The Kier molecular flexibility index (Phi) is 2.83. The Bertz CT molecular complexity index is 177. The van der Waals surface area contributed by atoms with Crippen LogP contribution < -0.4 is 5.32 Å². The van der Waals surface area contributed by atoms with Crippen molar-refractivity contribution in [3.05, 3.63) is 0 Å². The van der Waals surface area contributed by atoms with Crippen LogP contribution in [-0.2, 0) is 0 Å². The van der Waals surface area contributed by atoms with Gasteiger partial charge in [-0.25, -0.2) is 0 Å². The van der Waals surface area contributed by atoms with Gasteiger partial charge < -0.3 is 15.5 Å². The van der Waals surface area contributed by atoms with Crippen molar-refractivity contribution in [2.24, 2.45) is 0 Å². The first-order valence-corrected chi connectivity index (χ1v) is 5.08. The predicted molar refractivity (Wildman–Crippen MR) is 49.5 cm³/mol. The summed E-state index contributed by atoms with van der Waals surface area (Å²) in [6.07, 6.45) is 1.96. The maximum absolute atomic E-state index is 9.68. The molecule has 0 saturated carbocycles. The molecular weight excluding hydrogens is 168 g/mol. The molecule has 2 aliphatic heterocycles. The fourth-order valence-electron chi connectivity index (χ4n) is 2.48. The van der Waals surface area contributed by atoms with Crippen LogP contribution in [0.4, 0.5) is 0 Å². The van der Waals surface area contributed by atoms with Crippen LogP contribution in [-0.4, -0.2) is 59.5 Å². The Morgan fingerprint density at radius 3 is 2.85 bits per heavy atom. The fraction of sp³-hybridized carbons (Fsp3) is 1.00. The highest BCUT2D eigenvalue weighted by atomic mass is 16.3. The van der Waals surface area contributed by atoms with E-state index < -0.39 is 0 Å². The SMILES string of the molecule is OC[C@H]1CCCN1[C@@H]1CNC[C@H]1O. The number of hydrogen-bond donors (Lipinski definition) is 3. The van der Waals surface area contributed by atoms with Gasteiger partial charge in [-0.1, -0.05) is 0 Å². The second-order valence-corrected chi connectivity index (χ2v) is 4.01. The third-order valence-electron chi connectivity index (χ3n) is 3.21. The van der Waals surface area contributed by atoms with Crippen molar-refractivity contribution in [3.63, 3.8) is 0 Å². The molecule has 0 amide bonds. The Morgan fingerprint density at radius 2 is 2.23 bits per heavy atom. The van der Waals surface area contributed by atoms with Crippen LogP contribution in [0.1, 0.15) is 12.8 Å². The normalized spacial score (nSPS) is 41.5. The second-order valence-electron chi connectivity index (χ2n) is 4.01. The van der Waals surface area contributed by atoms with Gasteiger partial charge in [0.2, 0.25) is 0 Å². The van der Waals surface area contributed by atoms with E-state index in [1.807, 2.05) is 0 Å². The van der Waals surface area contributed by atoms with Gasteiger partial charge in [0, 0.05) is 25.2 Å². The smallest absolute Gasteiger partial charge is 0.0831 e. The van der Waals surface area contributed by atoms with E-state index in [9.17, 15) is 5.11 Å². The van der Waals surface area contributed by atoms with Gasteiger partial charge in [-0.05, 0) is 19.4 Å². The van der Waals surface area contributed by atoms with Crippen molar-refractivity contribution < 1.29 is 10.2 Å². The molecule has 2 saturated heterocycles. The molecule has 3 N–H and O–H groups in total. The van der Waals surface area contributed by atoms with E-state index in [0.29, 0.717) is 6.54 Å². The van der Waals surface area contributed by atoms with Crippen LogP contribution >= 0.6 is 0 Å². The van der Waals surface area contributed by atoms with Crippen molar-refractivity contribution >= 4 is 0 Å². The molecule has 0 aromatic heterocycles. The summed E-state index contributed by atoms with van der Waals surface area (Å²) < 4.78 is 0. The van der Waals surface area contributed by atoms with Crippen molar-refractivity contribution in [1.82, 2.24) is 10.2 Å². The average molecular weight is 186 g/mol. The van der Waals surface area contributed by atoms with Gasteiger partial charge in [0.1, 0.15) is 0 Å². The minimum atomic E-state index is -0.257. The fourth-order valence-corrected chi connectivity index (χ4v) is 2.48. The van der Waals surface area contributed by atoms with E-state index in [4.69, 9.17) is 5.11 Å². The number of likely N-dealkylation sites (tertiary alicyclic amines) is 1. The van der Waals surface area contributed by atoms with Gasteiger partial charge in [0.15, 0.2) is 0 Å². The van der Waals surface area contributed by atoms with Gasteiger partial charge in [0.05, 0.1) is 12.7 Å². The summed E-state index contributed by atoms with van der Waals surface area (Å²) in [6, 6.07) is 0.499. The molecule has 2 aliphatic rings. The standard InChI is InChI=1S/C9H18N2O2/c12-6-7-2-1-3-11(7)8-4-10-5-9(8)13/h7-10,12-13H,1-6H2/t7-,8-,9-/m1/s1. The Balaban J connectivity index is 1.98. The molecule has 0 aliphatic carbocycles. The van der Waals surface area contributed by atoms with E-state index in [1.54, 1.807) is 0 Å². The Morgan fingerprint density at radius 1 is 1.38 bits per heavy atom. The number of nitrogens with one attached hydrogen (secondary N) is 1. The quantitative estimate of drug-likeness (QED) is 0.506. The monoisotopic (exact) mass is 186 g/mol. The lowest BCUT2D eigenvalue weighted by Crippen LogP contribution is -2.47. The molecule has 2 fully saturated rings. The minimum absolute atomic E-state index is 0.222. The zero-order valence-corrected chi connectivity index (χ0v) is 7.82. The Hall–Kier alpha value is -0.160. The summed E-state index contributed by atoms with van der Waals surface area (Å²) in [5.41, 5.74) is 0. The maximum Gasteiger partial charge on any atom is 0.0831 e. The average Bonchev–Trinajstić information content (AvgIpc) is 2.71. The molecule has 76 valence electrons. The topological polar surface area (TPSA) is 55.7 Å².